The molecule has 0 spiro atoms. The lowest BCUT2D eigenvalue weighted by Crippen LogP contribution is -2.39. The molecule has 0 saturated carbocycles. The first-order valence-corrected chi connectivity index (χ1v) is 12.8. The molecule has 32 heavy (non-hydrogen) atoms. The molecule has 0 radical (unpaired) electrons. The third kappa shape index (κ3) is 4.42. The van der Waals surface area contributed by atoms with E-state index in [9.17, 15) is 12.8 Å². The first-order valence-electron chi connectivity index (χ1n) is 9.95. The maximum Gasteiger partial charge on any atom is 0.185 e. The predicted molar refractivity (Wildman–Crippen MR) is 124 cm³/mol. The molecule has 3 aromatic rings. The average molecular weight is 497 g/mol. The highest BCUT2D eigenvalue weighted by Crippen LogP contribution is 2.37. The van der Waals surface area contributed by atoms with Crippen LogP contribution in [-0.4, -0.2) is 46.0 Å². The first-order chi connectivity index (χ1) is 15.3. The second-order valence-electron chi connectivity index (χ2n) is 7.39. The van der Waals surface area contributed by atoms with Gasteiger partial charge in [0.2, 0.25) is 0 Å². The van der Waals surface area contributed by atoms with Crippen LogP contribution in [0.5, 0.6) is 11.5 Å². The number of benzene rings is 2. The molecule has 0 amide bonds. The van der Waals surface area contributed by atoms with E-state index in [-0.39, 0.29) is 9.92 Å². The smallest absolute Gasteiger partial charge is 0.185 e. The van der Waals surface area contributed by atoms with Gasteiger partial charge < -0.3 is 14.4 Å². The van der Waals surface area contributed by atoms with Crippen molar-refractivity contribution in [1.82, 2.24) is 4.98 Å². The van der Waals surface area contributed by atoms with Gasteiger partial charge in [-0.15, -0.1) is 11.3 Å². The molecule has 1 aromatic heterocycles. The molecule has 0 N–H and O–H groups in total. The summed E-state index contributed by atoms with van der Waals surface area (Å²) in [5.74, 6) is 0.740. The number of rotatable bonds is 6. The highest BCUT2D eigenvalue weighted by atomic mass is 35.5. The number of ether oxygens (including phenoxy) is 2. The summed E-state index contributed by atoms with van der Waals surface area (Å²) in [4.78, 5) is 6.90. The first kappa shape index (κ1) is 22.8. The van der Waals surface area contributed by atoms with Crippen LogP contribution in [-0.2, 0) is 9.84 Å². The number of aromatic nitrogens is 1. The normalized spacial score (nSPS) is 15.1. The zero-order chi connectivity index (χ0) is 22.9. The predicted octanol–water partition coefficient (Wildman–Crippen LogP) is 5.06. The van der Waals surface area contributed by atoms with Gasteiger partial charge in [0.15, 0.2) is 15.0 Å². The molecule has 1 fully saturated rings. The summed E-state index contributed by atoms with van der Waals surface area (Å²) in [6, 6.07) is 9.13. The molecule has 1 saturated heterocycles. The van der Waals surface area contributed by atoms with Crippen molar-refractivity contribution in [2.24, 2.45) is 0 Å². The van der Waals surface area contributed by atoms with Crippen molar-refractivity contribution in [3.05, 3.63) is 52.6 Å². The number of sulfone groups is 1. The van der Waals surface area contributed by atoms with Crippen molar-refractivity contribution in [3.63, 3.8) is 0 Å². The topological polar surface area (TPSA) is 68.7 Å². The number of methoxy groups -OCH3 is 2. The molecular weight excluding hydrogens is 475 g/mol. The molecule has 2 aromatic carbocycles. The third-order valence-corrected chi connectivity index (χ3v) is 9.00. The van der Waals surface area contributed by atoms with E-state index >= 15 is 0 Å². The number of hydrogen-bond acceptors (Lipinski definition) is 7. The van der Waals surface area contributed by atoms with Crippen molar-refractivity contribution >= 4 is 37.9 Å². The Labute approximate surface area is 195 Å². The van der Waals surface area contributed by atoms with E-state index < -0.39 is 20.9 Å². The Morgan fingerprint density at radius 3 is 2.53 bits per heavy atom. The van der Waals surface area contributed by atoms with E-state index in [0.29, 0.717) is 37.4 Å². The molecule has 0 atom stereocenters. The van der Waals surface area contributed by atoms with Gasteiger partial charge in [0.1, 0.15) is 17.3 Å². The number of hydrogen-bond donors (Lipinski definition) is 0. The van der Waals surface area contributed by atoms with Gasteiger partial charge in [-0.1, -0.05) is 11.6 Å². The van der Waals surface area contributed by atoms with Crippen LogP contribution in [0.25, 0.3) is 11.3 Å². The lowest BCUT2D eigenvalue weighted by Gasteiger charge is -2.31. The Hall–Kier alpha value is -2.36. The van der Waals surface area contributed by atoms with E-state index in [0.717, 1.165) is 22.5 Å². The maximum atomic E-state index is 13.4. The summed E-state index contributed by atoms with van der Waals surface area (Å²) in [7, 11) is -0.380. The number of nitrogens with zero attached hydrogens (tertiary/aromatic N) is 2. The standard InChI is InChI=1S/C22H22ClFN2O4S2/c1-29-14-3-5-17(21(11-14)30-2)20-13-31-22(25-20)26-9-7-15(8-10-26)32(27,28)16-4-6-19(24)18(23)12-16/h3-6,11-13,15H,7-10H2,1-2H3. The summed E-state index contributed by atoms with van der Waals surface area (Å²) in [6.45, 7) is 1.12. The fraction of sp³-hybridized carbons (Fsp3) is 0.318. The molecular formula is C22H22ClFN2O4S2. The summed E-state index contributed by atoms with van der Waals surface area (Å²) in [5.41, 5.74) is 1.65. The molecule has 10 heteroatoms. The second-order valence-corrected chi connectivity index (χ2v) is 10.9. The zero-order valence-electron chi connectivity index (χ0n) is 17.5. The Bertz CT molecular complexity index is 1220. The molecule has 1 aliphatic rings. The number of anilines is 1. The van der Waals surface area contributed by atoms with E-state index in [2.05, 4.69) is 4.90 Å². The second kappa shape index (κ2) is 9.25. The highest BCUT2D eigenvalue weighted by molar-refractivity contribution is 7.92. The van der Waals surface area contributed by atoms with Crippen molar-refractivity contribution < 1.29 is 22.3 Å². The Morgan fingerprint density at radius 1 is 1.12 bits per heavy atom. The van der Waals surface area contributed by atoms with Gasteiger partial charge in [-0.2, -0.15) is 0 Å². The van der Waals surface area contributed by atoms with Crippen LogP contribution in [0.1, 0.15) is 12.8 Å². The minimum atomic E-state index is -3.58. The average Bonchev–Trinajstić information content (AvgIpc) is 3.30. The zero-order valence-corrected chi connectivity index (χ0v) is 19.9. The third-order valence-electron chi connectivity index (χ3n) is 5.55. The van der Waals surface area contributed by atoms with E-state index in [1.807, 2.05) is 23.6 Å². The van der Waals surface area contributed by atoms with Gasteiger partial charge in [0.05, 0.1) is 35.1 Å². The Morgan fingerprint density at radius 2 is 1.88 bits per heavy atom. The van der Waals surface area contributed by atoms with Crippen LogP contribution >= 0.6 is 22.9 Å². The summed E-state index contributed by atoms with van der Waals surface area (Å²) >= 11 is 7.29. The molecule has 1 aliphatic heterocycles. The van der Waals surface area contributed by atoms with Crippen LogP contribution in [0.4, 0.5) is 9.52 Å². The minimum absolute atomic E-state index is 0.0606. The summed E-state index contributed by atoms with van der Waals surface area (Å²) in [5, 5.41) is 2.07. The van der Waals surface area contributed by atoms with Gasteiger partial charge in [-0.3, -0.25) is 0 Å². The highest BCUT2D eigenvalue weighted by Gasteiger charge is 2.32. The molecule has 2 heterocycles. The minimum Gasteiger partial charge on any atom is -0.497 e. The number of piperidine rings is 1. The van der Waals surface area contributed by atoms with Crippen LogP contribution in [0.3, 0.4) is 0 Å². The Balaban J connectivity index is 1.48. The Kier molecular flexibility index (Phi) is 6.60. The summed E-state index contributed by atoms with van der Waals surface area (Å²) < 4.78 is 50.1. The van der Waals surface area contributed by atoms with E-state index in [4.69, 9.17) is 26.1 Å². The lowest BCUT2D eigenvalue weighted by molar-refractivity contribution is 0.395. The van der Waals surface area contributed by atoms with Crippen molar-refractivity contribution in [1.29, 1.82) is 0 Å². The SMILES string of the molecule is COc1ccc(-c2csc(N3CCC(S(=O)(=O)c4ccc(F)c(Cl)c4)CC3)n2)c(OC)c1. The van der Waals surface area contributed by atoms with Crippen LogP contribution in [0, 0.1) is 5.82 Å². The quantitative estimate of drug-likeness (QED) is 0.444. The monoisotopic (exact) mass is 496 g/mol. The molecule has 6 nitrogen and oxygen atoms in total. The van der Waals surface area contributed by atoms with E-state index in [1.165, 1.54) is 23.5 Å². The van der Waals surface area contributed by atoms with Crippen LogP contribution < -0.4 is 14.4 Å². The van der Waals surface area contributed by atoms with E-state index in [1.54, 1.807) is 14.2 Å². The molecule has 0 bridgehead atoms. The van der Waals surface area contributed by atoms with Crippen molar-refractivity contribution in [2.45, 2.75) is 23.0 Å². The maximum absolute atomic E-state index is 13.4. The lowest BCUT2D eigenvalue weighted by atomic mass is 10.1. The van der Waals surface area contributed by atoms with Gasteiger partial charge >= 0.3 is 0 Å². The fourth-order valence-electron chi connectivity index (χ4n) is 3.75. The van der Waals surface area contributed by atoms with Crippen molar-refractivity contribution in [3.8, 4) is 22.8 Å². The fourth-order valence-corrected chi connectivity index (χ4v) is 6.63. The van der Waals surface area contributed by atoms with Gasteiger partial charge in [0.25, 0.3) is 0 Å². The number of thiazole rings is 1. The van der Waals surface area contributed by atoms with Gasteiger partial charge in [0, 0.05) is 30.1 Å². The molecule has 0 aliphatic carbocycles. The van der Waals surface area contributed by atoms with Gasteiger partial charge in [-0.25, -0.2) is 17.8 Å². The molecule has 0 unspecified atom stereocenters. The number of halogens is 2. The molecule has 170 valence electrons. The van der Waals surface area contributed by atoms with Crippen LogP contribution in [0.15, 0.2) is 46.7 Å². The summed E-state index contributed by atoms with van der Waals surface area (Å²) in [6.07, 6.45) is 0.913. The largest absolute Gasteiger partial charge is 0.497 e. The van der Waals surface area contributed by atoms with Gasteiger partial charge in [-0.05, 0) is 43.2 Å². The van der Waals surface area contributed by atoms with Crippen molar-refractivity contribution in [2.75, 3.05) is 32.2 Å². The molecule has 4 rings (SSSR count). The van der Waals surface area contributed by atoms with Crippen LogP contribution in [0.2, 0.25) is 5.02 Å².